The normalized spacial score (nSPS) is 31.6. The van der Waals surface area contributed by atoms with Crippen LogP contribution in [0.5, 0.6) is 0 Å². The molecular weight excluding hydrogens is 397 g/mol. The number of nitrogen functional groups attached to an aromatic ring is 1. The van der Waals surface area contributed by atoms with E-state index in [1.54, 1.807) is 4.57 Å². The van der Waals surface area contributed by atoms with Crippen LogP contribution < -0.4 is 5.73 Å². The largest absolute Gasteiger partial charge is 0.394 e. The van der Waals surface area contributed by atoms with E-state index in [1.165, 1.54) is 19.8 Å². The molecule has 4 rings (SSSR count). The molecule has 4 atom stereocenters. The first-order valence-electron chi connectivity index (χ1n) is 8.31. The molecule has 5 N–H and O–H groups in total. The lowest BCUT2D eigenvalue weighted by molar-refractivity contribution is -0.167. The highest BCUT2D eigenvalue weighted by molar-refractivity contribution is 8.06. The van der Waals surface area contributed by atoms with Gasteiger partial charge in [-0.05, 0) is 24.6 Å². The Morgan fingerprint density at radius 1 is 1.41 bits per heavy atom. The summed E-state index contributed by atoms with van der Waals surface area (Å²) in [7, 11) is 1.46. The van der Waals surface area contributed by atoms with Crippen LogP contribution in [0.3, 0.4) is 0 Å². The Morgan fingerprint density at radius 3 is 2.74 bits per heavy atom. The third-order valence-electron chi connectivity index (χ3n) is 5.01. The highest BCUT2D eigenvalue weighted by Crippen LogP contribution is 2.56. The SMILES string of the molecule is CO[C@@H]1[C@H](OP(O)(O)=S)[C@@H](CO)O[C@@]1(C1CC1)n1cnc2c(N)ncnc21. The summed E-state index contributed by atoms with van der Waals surface area (Å²) < 4.78 is 18.9. The van der Waals surface area contributed by atoms with Gasteiger partial charge in [-0.1, -0.05) is 0 Å². The summed E-state index contributed by atoms with van der Waals surface area (Å²) in [6.07, 6.45) is 1.88. The number of nitrogens with two attached hydrogens (primary N) is 1. The molecule has 27 heavy (non-hydrogen) atoms. The number of anilines is 1. The average Bonchev–Trinajstić information content (AvgIpc) is 3.29. The molecule has 1 aliphatic heterocycles. The van der Waals surface area contributed by atoms with E-state index in [2.05, 4.69) is 26.8 Å². The van der Waals surface area contributed by atoms with Gasteiger partial charge in [0.2, 0.25) is 0 Å². The van der Waals surface area contributed by atoms with Crippen LogP contribution in [-0.4, -0.2) is 66.4 Å². The summed E-state index contributed by atoms with van der Waals surface area (Å²) in [5, 5.41) is 9.82. The molecule has 11 nitrogen and oxygen atoms in total. The highest BCUT2D eigenvalue weighted by Gasteiger charge is 2.65. The van der Waals surface area contributed by atoms with Crippen molar-refractivity contribution in [3.05, 3.63) is 12.7 Å². The first-order chi connectivity index (χ1) is 12.8. The zero-order chi connectivity index (χ0) is 19.4. The maximum atomic E-state index is 9.82. The number of aliphatic hydroxyl groups is 1. The molecule has 2 aliphatic rings. The number of imidazole rings is 1. The molecule has 0 bridgehead atoms. The second-order valence-corrected chi connectivity index (χ2v) is 9.25. The van der Waals surface area contributed by atoms with Crippen LogP contribution in [-0.2, 0) is 31.5 Å². The lowest BCUT2D eigenvalue weighted by atomic mass is 9.97. The monoisotopic (exact) mass is 417 g/mol. The van der Waals surface area contributed by atoms with Crippen LogP contribution >= 0.6 is 6.72 Å². The average molecular weight is 417 g/mol. The maximum absolute atomic E-state index is 9.82. The molecule has 2 aromatic heterocycles. The lowest BCUT2D eigenvalue weighted by Gasteiger charge is -2.36. The van der Waals surface area contributed by atoms with Gasteiger partial charge in [0.05, 0.1) is 12.9 Å². The number of aliphatic hydroxyl groups excluding tert-OH is 1. The highest BCUT2D eigenvalue weighted by atomic mass is 32.5. The summed E-state index contributed by atoms with van der Waals surface area (Å²) in [4.78, 5) is 31.9. The summed E-state index contributed by atoms with van der Waals surface area (Å²) >= 11 is 4.62. The Balaban J connectivity index is 1.87. The molecule has 0 amide bonds. The van der Waals surface area contributed by atoms with Gasteiger partial charge >= 0.3 is 6.72 Å². The topological polar surface area (TPSA) is 158 Å². The van der Waals surface area contributed by atoms with Crippen LogP contribution in [0, 0.1) is 5.92 Å². The second kappa shape index (κ2) is 6.68. The number of fused-ring (bicyclic) bond motifs is 1. The summed E-state index contributed by atoms with van der Waals surface area (Å²) in [6.45, 7) is -4.44. The van der Waals surface area contributed by atoms with E-state index < -0.39 is 37.4 Å². The quantitative estimate of drug-likeness (QED) is 0.448. The minimum atomic E-state index is -4.02. The van der Waals surface area contributed by atoms with Crippen LogP contribution in [0.25, 0.3) is 11.2 Å². The van der Waals surface area contributed by atoms with Crippen molar-refractivity contribution in [3.8, 4) is 0 Å². The molecule has 0 radical (unpaired) electrons. The van der Waals surface area contributed by atoms with Crippen LogP contribution in [0.4, 0.5) is 5.82 Å². The van der Waals surface area contributed by atoms with E-state index in [-0.39, 0.29) is 11.7 Å². The smallest absolute Gasteiger partial charge is 0.322 e. The zero-order valence-electron chi connectivity index (χ0n) is 14.4. The fraction of sp³-hybridized carbons (Fsp3) is 0.643. The predicted molar refractivity (Wildman–Crippen MR) is 96.8 cm³/mol. The Morgan fingerprint density at radius 2 is 2.15 bits per heavy atom. The van der Waals surface area contributed by atoms with Crippen LogP contribution in [0.2, 0.25) is 0 Å². The molecule has 2 fully saturated rings. The van der Waals surface area contributed by atoms with E-state index >= 15 is 0 Å². The number of ether oxygens (including phenoxy) is 2. The van der Waals surface area contributed by atoms with Gasteiger partial charge in [0, 0.05) is 13.0 Å². The molecular formula is C14H20N5O6PS. The number of hydrogen-bond donors (Lipinski definition) is 4. The third kappa shape index (κ3) is 3.06. The minimum absolute atomic E-state index is 0.0222. The van der Waals surface area contributed by atoms with Crippen molar-refractivity contribution in [2.45, 2.75) is 36.9 Å². The van der Waals surface area contributed by atoms with Gasteiger partial charge in [-0.25, -0.2) is 15.0 Å². The number of nitrogens with zero attached hydrogens (tertiary/aromatic N) is 4. The van der Waals surface area contributed by atoms with Gasteiger partial charge in [0.1, 0.15) is 30.2 Å². The fourth-order valence-electron chi connectivity index (χ4n) is 3.86. The van der Waals surface area contributed by atoms with Crippen LogP contribution in [0.1, 0.15) is 12.8 Å². The van der Waals surface area contributed by atoms with E-state index in [0.29, 0.717) is 11.2 Å². The first kappa shape index (κ1) is 19.1. The second-order valence-electron chi connectivity index (χ2n) is 6.63. The maximum Gasteiger partial charge on any atom is 0.322 e. The summed E-state index contributed by atoms with van der Waals surface area (Å²) in [5.74, 6) is 0.248. The summed E-state index contributed by atoms with van der Waals surface area (Å²) in [6, 6.07) is 0. The number of aromatic nitrogens is 4. The Kier molecular flexibility index (Phi) is 4.72. The molecule has 0 aromatic carbocycles. The van der Waals surface area contributed by atoms with Crippen molar-refractivity contribution in [2.75, 3.05) is 19.5 Å². The van der Waals surface area contributed by atoms with Crippen molar-refractivity contribution in [1.29, 1.82) is 0 Å². The standard InChI is InChI=1S/C14H20N5O6PS/c1-23-11-10(25-26(21,22)27)8(4-20)24-14(11,7-2-3-7)19-6-18-9-12(15)16-5-17-13(9)19/h5-8,10-11,20H,2-4H2,1H3,(H2,15,16,17)(H2,21,22,27)/t8-,10-,11-,14-/m1/s1. The molecule has 1 saturated carbocycles. The van der Waals surface area contributed by atoms with Crippen molar-refractivity contribution in [2.24, 2.45) is 5.92 Å². The number of hydrogen-bond acceptors (Lipinski definition) is 9. The first-order valence-corrected chi connectivity index (χ1v) is 10.9. The van der Waals surface area contributed by atoms with Crippen molar-refractivity contribution >= 4 is 35.5 Å². The van der Waals surface area contributed by atoms with Gasteiger partial charge < -0.3 is 30.1 Å². The molecule has 0 spiro atoms. The van der Waals surface area contributed by atoms with Gasteiger partial charge in [0.25, 0.3) is 0 Å². The minimum Gasteiger partial charge on any atom is -0.394 e. The molecule has 13 heteroatoms. The fourth-order valence-corrected chi connectivity index (χ4v) is 4.72. The molecule has 1 saturated heterocycles. The van der Waals surface area contributed by atoms with Gasteiger partial charge in [-0.2, -0.15) is 0 Å². The van der Waals surface area contributed by atoms with E-state index in [1.807, 2.05) is 0 Å². The third-order valence-corrected chi connectivity index (χ3v) is 5.78. The van der Waals surface area contributed by atoms with Gasteiger partial charge in [0.15, 0.2) is 17.2 Å². The summed E-state index contributed by atoms with van der Waals surface area (Å²) in [5.41, 5.74) is 5.63. The predicted octanol–water partition coefficient (Wildman–Crippen LogP) is -0.528. The van der Waals surface area contributed by atoms with Crippen LogP contribution in [0.15, 0.2) is 12.7 Å². The Hall–Kier alpha value is -1.24. The Labute approximate surface area is 159 Å². The van der Waals surface area contributed by atoms with Crippen molar-refractivity contribution in [3.63, 3.8) is 0 Å². The van der Waals surface area contributed by atoms with E-state index in [9.17, 15) is 14.9 Å². The lowest BCUT2D eigenvalue weighted by Crippen LogP contribution is -2.49. The Bertz CT molecular complexity index is 903. The van der Waals surface area contributed by atoms with E-state index in [0.717, 1.165) is 12.8 Å². The molecule has 148 valence electrons. The number of rotatable bonds is 6. The van der Waals surface area contributed by atoms with Gasteiger partial charge in [-0.15, -0.1) is 0 Å². The molecule has 3 heterocycles. The van der Waals surface area contributed by atoms with E-state index in [4.69, 9.17) is 19.7 Å². The molecule has 1 aliphatic carbocycles. The van der Waals surface area contributed by atoms with Crippen molar-refractivity contribution in [1.82, 2.24) is 19.5 Å². The van der Waals surface area contributed by atoms with Crippen molar-refractivity contribution < 1.29 is 28.9 Å². The molecule has 2 aromatic rings. The number of methoxy groups -OCH3 is 1. The molecule has 0 unspecified atom stereocenters. The zero-order valence-corrected chi connectivity index (χ0v) is 16.1. The van der Waals surface area contributed by atoms with Gasteiger partial charge in [-0.3, -0.25) is 9.09 Å².